The van der Waals surface area contributed by atoms with Crippen molar-refractivity contribution < 1.29 is 9.53 Å². The molecule has 0 aromatic heterocycles. The second-order valence-electron chi connectivity index (χ2n) is 5.65. The number of benzene rings is 1. The fourth-order valence-electron chi connectivity index (χ4n) is 2.68. The minimum Gasteiger partial charge on any atom is -0.378 e. The molecule has 1 fully saturated rings. The second-order valence-corrected chi connectivity index (χ2v) is 5.65. The first kappa shape index (κ1) is 15.2. The van der Waals surface area contributed by atoms with Crippen molar-refractivity contribution >= 4 is 5.78 Å². The van der Waals surface area contributed by atoms with E-state index in [2.05, 4.69) is 18.7 Å². The van der Waals surface area contributed by atoms with Crippen molar-refractivity contribution in [1.29, 1.82) is 0 Å². The van der Waals surface area contributed by atoms with E-state index in [1.165, 1.54) is 11.1 Å². The first-order valence-electron chi connectivity index (χ1n) is 7.54. The molecule has 1 aromatic rings. The Morgan fingerprint density at radius 1 is 1.25 bits per heavy atom. The minimum atomic E-state index is 0.225. The maximum absolute atomic E-state index is 12.3. The number of hydrogen-bond acceptors (Lipinski definition) is 3. The highest BCUT2D eigenvalue weighted by Gasteiger charge is 2.21. The number of nitrogens with zero attached hydrogens (tertiary/aromatic N) is 1. The molecular formula is C17H25NO2. The van der Waals surface area contributed by atoms with Gasteiger partial charge in [0, 0.05) is 25.3 Å². The molecule has 1 heterocycles. The number of likely N-dealkylation sites (tertiary alicyclic amines) is 1. The third kappa shape index (κ3) is 3.90. The number of piperidine rings is 1. The van der Waals surface area contributed by atoms with Crippen LogP contribution in [0.1, 0.15) is 41.3 Å². The molecule has 3 heteroatoms. The van der Waals surface area contributed by atoms with Gasteiger partial charge in [0.25, 0.3) is 0 Å². The van der Waals surface area contributed by atoms with E-state index in [9.17, 15) is 4.79 Å². The molecule has 0 saturated carbocycles. The van der Waals surface area contributed by atoms with E-state index in [0.29, 0.717) is 12.6 Å². The fourth-order valence-corrected chi connectivity index (χ4v) is 2.68. The summed E-state index contributed by atoms with van der Waals surface area (Å²) in [6.07, 6.45) is 2.45. The van der Waals surface area contributed by atoms with Crippen molar-refractivity contribution in [3.05, 3.63) is 34.9 Å². The number of carbonyl (C=O) groups is 1. The molecule has 1 aliphatic heterocycles. The molecule has 0 radical (unpaired) electrons. The maximum Gasteiger partial charge on any atom is 0.176 e. The smallest absolute Gasteiger partial charge is 0.176 e. The first-order valence-corrected chi connectivity index (χ1v) is 7.54. The quantitative estimate of drug-likeness (QED) is 0.774. The highest BCUT2D eigenvalue weighted by Crippen LogP contribution is 2.15. The molecular weight excluding hydrogens is 250 g/mol. The molecule has 0 atom stereocenters. The van der Waals surface area contributed by atoms with Gasteiger partial charge in [0.05, 0.1) is 12.6 Å². The van der Waals surface area contributed by atoms with Crippen LogP contribution in [0.25, 0.3) is 0 Å². The highest BCUT2D eigenvalue weighted by atomic mass is 16.5. The molecule has 0 bridgehead atoms. The van der Waals surface area contributed by atoms with Crippen molar-refractivity contribution in [2.75, 3.05) is 26.2 Å². The normalized spacial score (nSPS) is 17.4. The third-order valence-corrected chi connectivity index (χ3v) is 4.13. The number of rotatable bonds is 5. The van der Waals surface area contributed by atoms with Crippen LogP contribution in [0, 0.1) is 13.8 Å². The molecule has 0 N–H and O–H groups in total. The van der Waals surface area contributed by atoms with Crippen LogP contribution in [0.15, 0.2) is 18.2 Å². The first-order chi connectivity index (χ1) is 9.60. The van der Waals surface area contributed by atoms with Crippen molar-refractivity contribution in [3.8, 4) is 0 Å². The third-order valence-electron chi connectivity index (χ3n) is 4.13. The number of Topliss-reactive ketones (excluding diaryl/α,β-unsaturated/α-hetero) is 1. The van der Waals surface area contributed by atoms with Gasteiger partial charge in [-0.05, 0) is 50.8 Å². The van der Waals surface area contributed by atoms with E-state index in [4.69, 9.17) is 4.74 Å². The van der Waals surface area contributed by atoms with Gasteiger partial charge >= 0.3 is 0 Å². The lowest BCUT2D eigenvalue weighted by Gasteiger charge is -2.31. The van der Waals surface area contributed by atoms with Crippen LogP contribution in [0.3, 0.4) is 0 Å². The fraction of sp³-hybridized carbons (Fsp3) is 0.588. The Morgan fingerprint density at radius 2 is 1.95 bits per heavy atom. The van der Waals surface area contributed by atoms with E-state index in [0.717, 1.165) is 38.1 Å². The van der Waals surface area contributed by atoms with Crippen LogP contribution in [0.4, 0.5) is 0 Å². The lowest BCUT2D eigenvalue weighted by Crippen LogP contribution is -2.39. The minimum absolute atomic E-state index is 0.225. The number of ether oxygens (including phenoxy) is 1. The van der Waals surface area contributed by atoms with E-state index in [-0.39, 0.29) is 5.78 Å². The van der Waals surface area contributed by atoms with Crippen molar-refractivity contribution in [2.45, 2.75) is 39.7 Å². The van der Waals surface area contributed by atoms with Crippen LogP contribution in [0.5, 0.6) is 0 Å². The molecule has 1 aromatic carbocycles. The Morgan fingerprint density at radius 3 is 2.55 bits per heavy atom. The van der Waals surface area contributed by atoms with E-state index in [1.54, 1.807) is 0 Å². The van der Waals surface area contributed by atoms with E-state index in [1.807, 2.05) is 25.1 Å². The number of hydrogen-bond donors (Lipinski definition) is 0. The van der Waals surface area contributed by atoms with Crippen molar-refractivity contribution in [1.82, 2.24) is 4.90 Å². The zero-order valence-electron chi connectivity index (χ0n) is 12.8. The van der Waals surface area contributed by atoms with Gasteiger partial charge in [-0.3, -0.25) is 9.69 Å². The largest absolute Gasteiger partial charge is 0.378 e. The Bertz CT molecular complexity index is 462. The van der Waals surface area contributed by atoms with Crippen LogP contribution in [-0.4, -0.2) is 43.0 Å². The summed E-state index contributed by atoms with van der Waals surface area (Å²) in [5, 5.41) is 0. The monoisotopic (exact) mass is 275 g/mol. The summed E-state index contributed by atoms with van der Waals surface area (Å²) in [6.45, 7) is 9.40. The Labute approximate surface area is 121 Å². The summed E-state index contributed by atoms with van der Waals surface area (Å²) in [6, 6.07) is 5.98. The van der Waals surface area contributed by atoms with Gasteiger partial charge in [-0.1, -0.05) is 12.1 Å². The molecule has 3 nitrogen and oxygen atoms in total. The Kier molecular flexibility index (Phi) is 5.32. The molecule has 0 amide bonds. The molecule has 2 rings (SSSR count). The summed E-state index contributed by atoms with van der Waals surface area (Å²) in [4.78, 5) is 14.6. The topological polar surface area (TPSA) is 29.5 Å². The molecule has 0 unspecified atom stereocenters. The Hall–Kier alpha value is -1.19. The lowest BCUT2D eigenvalue weighted by atomic mass is 10.0. The van der Waals surface area contributed by atoms with Crippen LogP contribution >= 0.6 is 0 Å². The van der Waals surface area contributed by atoms with Crippen molar-refractivity contribution in [2.24, 2.45) is 0 Å². The molecule has 20 heavy (non-hydrogen) atoms. The predicted octanol–water partition coefficient (Wildman–Crippen LogP) is 2.99. The zero-order chi connectivity index (χ0) is 14.5. The van der Waals surface area contributed by atoms with Crippen molar-refractivity contribution in [3.63, 3.8) is 0 Å². The highest BCUT2D eigenvalue weighted by molar-refractivity contribution is 5.97. The Balaban J connectivity index is 1.87. The van der Waals surface area contributed by atoms with Crippen LogP contribution < -0.4 is 0 Å². The summed E-state index contributed by atoms with van der Waals surface area (Å²) < 4.78 is 5.64. The standard InChI is InChI=1S/C17H25NO2/c1-4-20-16-7-9-18(10-8-16)12-17(19)15-6-5-13(2)14(3)11-15/h5-6,11,16H,4,7-10,12H2,1-3H3. The van der Waals surface area contributed by atoms with E-state index < -0.39 is 0 Å². The van der Waals surface area contributed by atoms with Gasteiger partial charge in [0.2, 0.25) is 0 Å². The maximum atomic E-state index is 12.3. The zero-order valence-corrected chi connectivity index (χ0v) is 12.8. The number of aryl methyl sites for hydroxylation is 2. The molecule has 1 aliphatic rings. The molecule has 1 saturated heterocycles. The summed E-state index contributed by atoms with van der Waals surface area (Å²) >= 11 is 0. The van der Waals surface area contributed by atoms with Crippen LogP contribution in [-0.2, 0) is 4.74 Å². The van der Waals surface area contributed by atoms with Gasteiger partial charge in [0.15, 0.2) is 5.78 Å². The van der Waals surface area contributed by atoms with Gasteiger partial charge in [0.1, 0.15) is 0 Å². The molecule has 0 spiro atoms. The summed E-state index contributed by atoms with van der Waals surface area (Å²) in [7, 11) is 0. The van der Waals surface area contributed by atoms with Gasteiger partial charge in [-0.15, -0.1) is 0 Å². The predicted molar refractivity (Wildman–Crippen MR) is 81.3 cm³/mol. The van der Waals surface area contributed by atoms with Gasteiger partial charge < -0.3 is 4.74 Å². The van der Waals surface area contributed by atoms with Crippen LogP contribution in [0.2, 0.25) is 0 Å². The number of carbonyl (C=O) groups excluding carboxylic acids is 1. The molecule has 0 aliphatic carbocycles. The average Bonchev–Trinajstić information content (AvgIpc) is 2.44. The van der Waals surface area contributed by atoms with Gasteiger partial charge in [-0.2, -0.15) is 0 Å². The molecule has 110 valence electrons. The summed E-state index contributed by atoms with van der Waals surface area (Å²) in [5.74, 6) is 0.225. The second kappa shape index (κ2) is 7.00. The van der Waals surface area contributed by atoms with E-state index >= 15 is 0 Å². The lowest BCUT2D eigenvalue weighted by molar-refractivity contribution is 0.0147. The average molecular weight is 275 g/mol. The SMILES string of the molecule is CCOC1CCN(CC(=O)c2ccc(C)c(C)c2)CC1. The summed E-state index contributed by atoms with van der Waals surface area (Å²) in [5.41, 5.74) is 3.25. The number of ketones is 1. The van der Waals surface area contributed by atoms with Gasteiger partial charge in [-0.25, -0.2) is 0 Å².